The number of aromatic nitrogens is 3. The third kappa shape index (κ3) is 4.26. The lowest BCUT2D eigenvalue weighted by Crippen LogP contribution is -2.38. The molecule has 6 rings (SSSR count). The van der Waals surface area contributed by atoms with Crippen molar-refractivity contribution in [1.29, 1.82) is 0 Å². The number of nitrogens with two attached hydrogens (primary N) is 1. The van der Waals surface area contributed by atoms with Crippen LogP contribution < -0.4 is 32.6 Å². The van der Waals surface area contributed by atoms with Crippen molar-refractivity contribution in [2.24, 2.45) is 5.73 Å². The first-order valence-corrected chi connectivity index (χ1v) is 12.4. The number of carbonyl (C=O) groups excluding carboxylic acids is 1. The van der Waals surface area contributed by atoms with Crippen LogP contribution in [0, 0.1) is 6.92 Å². The second-order valence-corrected chi connectivity index (χ2v) is 9.72. The van der Waals surface area contributed by atoms with Gasteiger partial charge in [-0.1, -0.05) is 12.1 Å². The number of hydrogen-bond donors (Lipinski definition) is 5. The summed E-state index contributed by atoms with van der Waals surface area (Å²) < 4.78 is 1.85. The van der Waals surface area contributed by atoms with Crippen LogP contribution in [-0.2, 0) is 0 Å². The number of hydrogen-bond acceptors (Lipinski definition) is 9. The molecule has 11 heteroatoms. The molecule has 6 N–H and O–H groups in total. The Bertz CT molecular complexity index is 1220. The van der Waals surface area contributed by atoms with E-state index in [0.29, 0.717) is 5.56 Å². The number of hydrazine groups is 3. The summed E-state index contributed by atoms with van der Waals surface area (Å²) in [5.74, 6) is 1.02. The van der Waals surface area contributed by atoms with E-state index in [-0.39, 0.29) is 24.2 Å². The number of likely N-dealkylation sites (tertiary alicyclic amines) is 1. The van der Waals surface area contributed by atoms with Gasteiger partial charge in [0.05, 0.1) is 11.7 Å². The maximum absolute atomic E-state index is 13.5. The van der Waals surface area contributed by atoms with Gasteiger partial charge in [0.15, 0.2) is 5.65 Å². The highest BCUT2D eigenvalue weighted by Crippen LogP contribution is 2.33. The molecule has 3 aliphatic heterocycles. The van der Waals surface area contributed by atoms with Gasteiger partial charge < -0.3 is 15.5 Å². The lowest BCUT2D eigenvalue weighted by atomic mass is 9.98. The zero-order chi connectivity index (χ0) is 23.9. The van der Waals surface area contributed by atoms with Crippen LogP contribution in [0.2, 0.25) is 0 Å². The highest BCUT2D eigenvalue weighted by molar-refractivity contribution is 5.94. The van der Waals surface area contributed by atoms with E-state index in [1.165, 1.54) is 0 Å². The number of benzene rings is 1. The first kappa shape index (κ1) is 22.4. The fourth-order valence-corrected chi connectivity index (χ4v) is 5.37. The van der Waals surface area contributed by atoms with E-state index in [2.05, 4.69) is 33.7 Å². The fourth-order valence-electron chi connectivity index (χ4n) is 5.37. The number of nitrogens with one attached hydrogen (secondary N) is 4. The first-order valence-electron chi connectivity index (χ1n) is 12.4. The van der Waals surface area contributed by atoms with Crippen LogP contribution in [0.1, 0.15) is 65.1 Å². The largest absolute Gasteiger partial charge is 0.355 e. The molecule has 184 valence electrons. The number of fused-ring (bicyclic) bond motifs is 1. The maximum atomic E-state index is 13.5. The predicted octanol–water partition coefficient (Wildman–Crippen LogP) is 1.06. The minimum atomic E-state index is -0.0619. The summed E-state index contributed by atoms with van der Waals surface area (Å²) in [7, 11) is 0. The minimum Gasteiger partial charge on any atom is -0.355 e. The van der Waals surface area contributed by atoms with Gasteiger partial charge in [0.2, 0.25) is 0 Å². The van der Waals surface area contributed by atoms with Gasteiger partial charge in [-0.15, -0.1) is 0 Å². The van der Waals surface area contributed by atoms with Gasteiger partial charge in [0.25, 0.3) is 5.91 Å². The van der Waals surface area contributed by atoms with E-state index in [9.17, 15) is 4.79 Å². The molecule has 11 nitrogen and oxygen atoms in total. The van der Waals surface area contributed by atoms with Gasteiger partial charge >= 0.3 is 0 Å². The number of rotatable bonds is 4. The molecule has 1 aromatic carbocycles. The highest BCUT2D eigenvalue weighted by atomic mass is 16.2. The third-order valence-electron chi connectivity index (χ3n) is 7.24. The lowest BCUT2D eigenvalue weighted by Gasteiger charge is -2.34. The number of piperidine rings is 1. The van der Waals surface area contributed by atoms with Crippen molar-refractivity contribution in [2.75, 3.05) is 24.5 Å². The lowest BCUT2D eigenvalue weighted by molar-refractivity contribution is 0.0605. The average Bonchev–Trinajstić information content (AvgIpc) is 3.64. The summed E-state index contributed by atoms with van der Waals surface area (Å²) in [6, 6.07) is 9.90. The number of anilines is 1. The van der Waals surface area contributed by atoms with Gasteiger partial charge in [-0.3, -0.25) is 4.79 Å². The first-order chi connectivity index (χ1) is 17.1. The number of carbonyl (C=O) groups is 1. The molecule has 3 saturated heterocycles. The van der Waals surface area contributed by atoms with Crippen molar-refractivity contribution in [3.63, 3.8) is 0 Å². The van der Waals surface area contributed by atoms with Gasteiger partial charge in [-0.25, -0.2) is 20.4 Å². The molecule has 5 heterocycles. The Morgan fingerprint density at radius 1 is 1.09 bits per heavy atom. The molecular weight excluding hydrogens is 444 g/mol. The predicted molar refractivity (Wildman–Crippen MR) is 132 cm³/mol. The summed E-state index contributed by atoms with van der Waals surface area (Å²) in [4.78, 5) is 22.7. The Kier molecular flexibility index (Phi) is 5.86. The van der Waals surface area contributed by atoms with Crippen molar-refractivity contribution >= 4 is 17.4 Å². The Morgan fingerprint density at radius 2 is 1.89 bits per heavy atom. The summed E-state index contributed by atoms with van der Waals surface area (Å²) in [6.45, 7) is 4.54. The summed E-state index contributed by atoms with van der Waals surface area (Å²) in [5, 5.41) is 4.86. The zero-order valence-corrected chi connectivity index (χ0v) is 19.9. The van der Waals surface area contributed by atoms with Gasteiger partial charge in [0, 0.05) is 49.1 Å². The number of aryl methyl sites for hydroxylation is 1. The van der Waals surface area contributed by atoms with Crippen LogP contribution in [0.25, 0.3) is 5.65 Å². The second kappa shape index (κ2) is 9.17. The normalized spacial score (nSPS) is 23.5. The van der Waals surface area contributed by atoms with Gasteiger partial charge in [-0.05, 0) is 50.3 Å². The van der Waals surface area contributed by atoms with Crippen LogP contribution in [-0.4, -0.2) is 51.1 Å². The molecule has 0 saturated carbocycles. The minimum absolute atomic E-state index is 0.0396. The Balaban J connectivity index is 1.26. The summed E-state index contributed by atoms with van der Waals surface area (Å²) >= 11 is 0. The van der Waals surface area contributed by atoms with Gasteiger partial charge in [-0.2, -0.15) is 16.2 Å². The third-order valence-corrected chi connectivity index (χ3v) is 7.24. The molecular formula is C24H32N10O. The molecule has 3 fully saturated rings. The second-order valence-electron chi connectivity index (χ2n) is 9.72. The Labute approximate surface area is 204 Å². The van der Waals surface area contributed by atoms with Crippen molar-refractivity contribution < 1.29 is 4.79 Å². The molecule has 3 aliphatic rings. The monoisotopic (exact) mass is 476 g/mol. The maximum Gasteiger partial charge on any atom is 0.254 e. The highest BCUT2D eigenvalue weighted by Gasteiger charge is 2.31. The van der Waals surface area contributed by atoms with E-state index in [1.54, 1.807) is 0 Å². The van der Waals surface area contributed by atoms with Crippen molar-refractivity contribution in [2.45, 2.75) is 50.9 Å². The molecule has 0 unspecified atom stereocenters. The van der Waals surface area contributed by atoms with E-state index < -0.39 is 0 Å². The van der Waals surface area contributed by atoms with Crippen molar-refractivity contribution in [3.05, 3.63) is 58.9 Å². The van der Waals surface area contributed by atoms with Crippen LogP contribution in [0.5, 0.6) is 0 Å². The molecule has 35 heavy (non-hydrogen) atoms. The van der Waals surface area contributed by atoms with Crippen LogP contribution >= 0.6 is 0 Å². The molecule has 1 amide bonds. The SMILES string of the molecule is Cc1cn2nc([C@@H]3CCCCN3C(=O)c3ccc(C4NNNN4)cc3)cc2nc1N1CC[C@H](N)C1. The summed E-state index contributed by atoms with van der Waals surface area (Å²) in [5.41, 5.74) is 22.4. The van der Waals surface area contributed by atoms with Crippen LogP contribution in [0.3, 0.4) is 0 Å². The molecule has 0 aliphatic carbocycles. The van der Waals surface area contributed by atoms with E-state index in [4.69, 9.17) is 15.8 Å². The van der Waals surface area contributed by atoms with Gasteiger partial charge in [0.1, 0.15) is 12.0 Å². The van der Waals surface area contributed by atoms with Crippen LogP contribution in [0.4, 0.5) is 5.82 Å². The van der Waals surface area contributed by atoms with Crippen molar-refractivity contribution in [3.8, 4) is 0 Å². The number of amides is 1. The number of nitrogens with zero attached hydrogens (tertiary/aromatic N) is 5. The zero-order valence-electron chi connectivity index (χ0n) is 19.9. The average molecular weight is 477 g/mol. The fraction of sp³-hybridized carbons (Fsp3) is 0.458. The topological polar surface area (TPSA) is 128 Å². The van der Waals surface area contributed by atoms with Crippen LogP contribution in [0.15, 0.2) is 36.5 Å². The summed E-state index contributed by atoms with van der Waals surface area (Å²) in [6.07, 6.45) is 5.93. The smallest absolute Gasteiger partial charge is 0.254 e. The molecule has 0 spiro atoms. The molecule has 2 atom stereocenters. The molecule has 2 aromatic heterocycles. The van der Waals surface area contributed by atoms with Crippen molar-refractivity contribution in [1.82, 2.24) is 41.4 Å². The standard InChI is InChI=1S/C24H32N10O/c1-15-13-34-21(26-23(15)32-11-9-18(25)14-32)12-19(29-34)20-4-2-3-10-33(20)24(35)17-7-5-16(6-8-17)22-27-30-31-28-22/h5-8,12-13,18,20,22,27-28,30-31H,2-4,9-11,14,25H2,1H3/t18-,20-/m0/s1. The molecule has 0 radical (unpaired) electrons. The molecule has 3 aromatic rings. The Morgan fingerprint density at radius 3 is 2.63 bits per heavy atom. The van der Waals surface area contributed by atoms with E-state index >= 15 is 0 Å². The van der Waals surface area contributed by atoms with E-state index in [1.807, 2.05) is 45.9 Å². The van der Waals surface area contributed by atoms with E-state index in [0.717, 1.165) is 73.6 Å². The quantitative estimate of drug-likeness (QED) is 0.375. The molecule has 0 bridgehead atoms. The Hall–Kier alpha value is -3.09.